The van der Waals surface area contributed by atoms with Gasteiger partial charge in [-0.05, 0) is 31.0 Å². The Balaban J connectivity index is 2.43. The molecule has 2 N–H and O–H groups in total. The van der Waals surface area contributed by atoms with Gasteiger partial charge in [-0.15, -0.1) is 0 Å². The molecule has 1 atom stereocenters. The van der Waals surface area contributed by atoms with Crippen LogP contribution in [0.2, 0.25) is 0 Å². The van der Waals surface area contributed by atoms with Gasteiger partial charge < -0.3 is 19.9 Å². The van der Waals surface area contributed by atoms with E-state index < -0.39 is 0 Å². The van der Waals surface area contributed by atoms with Crippen molar-refractivity contribution in [2.45, 2.75) is 38.3 Å². The number of hydrogen-bond acceptors (Lipinski definition) is 4. The van der Waals surface area contributed by atoms with Crippen molar-refractivity contribution in [3.63, 3.8) is 0 Å². The molecular formula is C16H25NO3. The van der Waals surface area contributed by atoms with Crippen molar-refractivity contribution in [3.05, 3.63) is 28.8 Å². The van der Waals surface area contributed by atoms with Crippen LogP contribution in [0, 0.1) is 13.8 Å². The van der Waals surface area contributed by atoms with Crippen LogP contribution >= 0.6 is 0 Å². The highest BCUT2D eigenvalue weighted by molar-refractivity contribution is 5.46. The highest BCUT2D eigenvalue weighted by Crippen LogP contribution is 2.40. The highest BCUT2D eigenvalue weighted by atomic mass is 16.5. The number of ether oxygens (including phenoxy) is 3. The van der Waals surface area contributed by atoms with Crippen molar-refractivity contribution < 1.29 is 14.2 Å². The lowest BCUT2D eigenvalue weighted by Gasteiger charge is -2.41. The second kappa shape index (κ2) is 6.12. The summed E-state index contributed by atoms with van der Waals surface area (Å²) in [5, 5.41) is 0. The van der Waals surface area contributed by atoms with E-state index in [1.165, 1.54) is 5.56 Å². The number of rotatable bonds is 4. The molecule has 0 aromatic heterocycles. The van der Waals surface area contributed by atoms with E-state index >= 15 is 0 Å². The molecule has 1 fully saturated rings. The van der Waals surface area contributed by atoms with Crippen LogP contribution in [-0.2, 0) is 9.47 Å². The Labute approximate surface area is 121 Å². The highest BCUT2D eigenvalue weighted by Gasteiger charge is 2.41. The van der Waals surface area contributed by atoms with Crippen molar-refractivity contribution >= 4 is 0 Å². The number of nitrogens with two attached hydrogens (primary N) is 1. The molecule has 0 aliphatic carbocycles. The molecule has 1 heterocycles. The number of aryl methyl sites for hydroxylation is 2. The molecule has 112 valence electrons. The van der Waals surface area contributed by atoms with Crippen molar-refractivity contribution in [2.24, 2.45) is 5.73 Å². The third kappa shape index (κ3) is 2.68. The van der Waals surface area contributed by atoms with Gasteiger partial charge in [0.2, 0.25) is 0 Å². The van der Waals surface area contributed by atoms with Crippen LogP contribution in [0.3, 0.4) is 0 Å². The summed E-state index contributed by atoms with van der Waals surface area (Å²) in [6.45, 7) is 5.52. The zero-order chi connectivity index (χ0) is 14.8. The van der Waals surface area contributed by atoms with E-state index in [1.807, 2.05) is 6.07 Å². The van der Waals surface area contributed by atoms with Crippen LogP contribution in [0.5, 0.6) is 5.75 Å². The van der Waals surface area contributed by atoms with Gasteiger partial charge in [0.1, 0.15) is 5.75 Å². The summed E-state index contributed by atoms with van der Waals surface area (Å²) in [6, 6.07) is 3.96. The first-order valence-corrected chi connectivity index (χ1v) is 7.07. The lowest BCUT2D eigenvalue weighted by Crippen LogP contribution is -2.47. The summed E-state index contributed by atoms with van der Waals surface area (Å²) in [6.07, 6.45) is 1.61. The molecule has 20 heavy (non-hydrogen) atoms. The molecule has 1 aromatic rings. The molecule has 1 aliphatic rings. The Hall–Kier alpha value is -1.10. The third-order valence-corrected chi connectivity index (χ3v) is 4.34. The molecule has 4 heteroatoms. The molecule has 1 saturated heterocycles. The van der Waals surface area contributed by atoms with Gasteiger partial charge in [-0.3, -0.25) is 0 Å². The van der Waals surface area contributed by atoms with Crippen molar-refractivity contribution in [2.75, 3.05) is 27.4 Å². The standard InChI is InChI=1S/C16H25NO3/c1-11-9-12(2)14(13(10-11)18-3)15(17)16(19-4)5-7-20-8-6-16/h9-10,15H,5-8,17H2,1-4H3. The maximum Gasteiger partial charge on any atom is 0.124 e. The van der Waals surface area contributed by atoms with Crippen LogP contribution in [0.4, 0.5) is 0 Å². The summed E-state index contributed by atoms with van der Waals surface area (Å²) in [7, 11) is 3.43. The fourth-order valence-electron chi connectivity index (χ4n) is 3.13. The van der Waals surface area contributed by atoms with Gasteiger partial charge >= 0.3 is 0 Å². The van der Waals surface area contributed by atoms with Crippen molar-refractivity contribution in [1.29, 1.82) is 0 Å². The Morgan fingerprint density at radius 3 is 2.40 bits per heavy atom. The topological polar surface area (TPSA) is 53.7 Å². The first-order chi connectivity index (χ1) is 9.54. The lowest BCUT2D eigenvalue weighted by molar-refractivity contribution is -0.105. The Kier molecular flexibility index (Phi) is 4.68. The number of benzene rings is 1. The maximum atomic E-state index is 6.58. The summed E-state index contributed by atoms with van der Waals surface area (Å²) < 4.78 is 16.8. The molecular weight excluding hydrogens is 254 g/mol. The van der Waals surface area contributed by atoms with Gasteiger partial charge in [-0.1, -0.05) is 6.07 Å². The van der Waals surface area contributed by atoms with E-state index in [0.717, 1.165) is 29.7 Å². The zero-order valence-corrected chi connectivity index (χ0v) is 12.9. The van der Waals surface area contributed by atoms with Gasteiger partial charge in [-0.25, -0.2) is 0 Å². The van der Waals surface area contributed by atoms with Gasteiger partial charge in [0.15, 0.2) is 0 Å². The van der Waals surface area contributed by atoms with Gasteiger partial charge in [0, 0.05) is 38.7 Å². The summed E-state index contributed by atoms with van der Waals surface area (Å²) in [5.74, 6) is 0.845. The number of methoxy groups -OCH3 is 2. The van der Waals surface area contributed by atoms with Crippen LogP contribution < -0.4 is 10.5 Å². The van der Waals surface area contributed by atoms with E-state index in [1.54, 1.807) is 14.2 Å². The largest absolute Gasteiger partial charge is 0.496 e. The van der Waals surface area contributed by atoms with E-state index in [2.05, 4.69) is 19.9 Å². The third-order valence-electron chi connectivity index (χ3n) is 4.34. The molecule has 0 bridgehead atoms. The maximum absolute atomic E-state index is 6.58. The predicted octanol–water partition coefficient (Wildman–Crippen LogP) is 2.51. The fourth-order valence-corrected chi connectivity index (χ4v) is 3.13. The van der Waals surface area contributed by atoms with Gasteiger partial charge in [-0.2, -0.15) is 0 Å². The second-order valence-electron chi connectivity index (χ2n) is 5.56. The molecule has 4 nitrogen and oxygen atoms in total. The molecule has 1 unspecified atom stereocenters. The molecule has 0 saturated carbocycles. The minimum absolute atomic E-state index is 0.216. The smallest absolute Gasteiger partial charge is 0.124 e. The first-order valence-electron chi connectivity index (χ1n) is 7.07. The van der Waals surface area contributed by atoms with E-state index in [4.69, 9.17) is 19.9 Å². The predicted molar refractivity (Wildman–Crippen MR) is 79.2 cm³/mol. The van der Waals surface area contributed by atoms with E-state index in [0.29, 0.717) is 13.2 Å². The van der Waals surface area contributed by atoms with Crippen LogP contribution in [0.15, 0.2) is 12.1 Å². The minimum atomic E-state index is -0.369. The average molecular weight is 279 g/mol. The van der Waals surface area contributed by atoms with E-state index in [-0.39, 0.29) is 11.6 Å². The van der Waals surface area contributed by atoms with Crippen molar-refractivity contribution in [3.8, 4) is 5.75 Å². The minimum Gasteiger partial charge on any atom is -0.496 e. The fraction of sp³-hybridized carbons (Fsp3) is 0.625. The van der Waals surface area contributed by atoms with Crippen LogP contribution in [-0.4, -0.2) is 33.0 Å². The average Bonchev–Trinajstić information content (AvgIpc) is 2.46. The molecule has 1 aliphatic heterocycles. The van der Waals surface area contributed by atoms with Gasteiger partial charge in [0.25, 0.3) is 0 Å². The molecule has 0 radical (unpaired) electrons. The first kappa shape index (κ1) is 15.3. The van der Waals surface area contributed by atoms with Crippen molar-refractivity contribution in [1.82, 2.24) is 0 Å². The Morgan fingerprint density at radius 1 is 1.20 bits per heavy atom. The van der Waals surface area contributed by atoms with Gasteiger partial charge in [0.05, 0.1) is 18.8 Å². The lowest BCUT2D eigenvalue weighted by atomic mass is 9.80. The molecule has 1 aromatic carbocycles. The van der Waals surface area contributed by atoms with Crippen LogP contribution in [0.25, 0.3) is 0 Å². The monoisotopic (exact) mass is 279 g/mol. The summed E-state index contributed by atoms with van der Waals surface area (Å²) in [4.78, 5) is 0. The SMILES string of the molecule is COc1cc(C)cc(C)c1C(N)C1(OC)CCOCC1. The molecule has 0 spiro atoms. The quantitative estimate of drug-likeness (QED) is 0.920. The second-order valence-corrected chi connectivity index (χ2v) is 5.56. The summed E-state index contributed by atoms with van der Waals surface area (Å²) in [5.41, 5.74) is 9.58. The normalized spacial score (nSPS) is 19.6. The van der Waals surface area contributed by atoms with Crippen LogP contribution in [0.1, 0.15) is 35.6 Å². The Morgan fingerprint density at radius 2 is 1.85 bits per heavy atom. The zero-order valence-electron chi connectivity index (χ0n) is 12.9. The molecule has 0 amide bonds. The number of hydrogen-bond donors (Lipinski definition) is 1. The Bertz CT molecular complexity index is 467. The van der Waals surface area contributed by atoms with E-state index in [9.17, 15) is 0 Å². The summed E-state index contributed by atoms with van der Waals surface area (Å²) >= 11 is 0. The molecule has 2 rings (SSSR count).